The van der Waals surface area contributed by atoms with Crippen molar-refractivity contribution >= 4 is 11.6 Å². The molecule has 1 aromatic heterocycles. The topological polar surface area (TPSA) is 36.3 Å². The summed E-state index contributed by atoms with van der Waals surface area (Å²) in [6.45, 7) is 5.27. The van der Waals surface area contributed by atoms with E-state index < -0.39 is 0 Å². The molecule has 3 rings (SSSR count). The van der Waals surface area contributed by atoms with Gasteiger partial charge >= 0.3 is 0 Å². The summed E-state index contributed by atoms with van der Waals surface area (Å²) in [6.07, 6.45) is 1.18. The van der Waals surface area contributed by atoms with E-state index in [0.29, 0.717) is 13.2 Å². The van der Waals surface area contributed by atoms with Crippen molar-refractivity contribution in [3.8, 4) is 17.0 Å². The number of hydrogen-bond donors (Lipinski definition) is 0. The molecule has 5 heteroatoms. The first-order chi connectivity index (χ1) is 13.1. The van der Waals surface area contributed by atoms with Crippen molar-refractivity contribution in [3.05, 3.63) is 70.9 Å². The van der Waals surface area contributed by atoms with Crippen LogP contribution in [0.1, 0.15) is 31.5 Å². The van der Waals surface area contributed by atoms with Gasteiger partial charge < -0.3 is 9.47 Å². The SMILES string of the molecule is CCC(C)OCc1cc(-c2cccc(OC)c2)n(Cc2ccccc2Cl)n1. The molecule has 0 bridgehead atoms. The van der Waals surface area contributed by atoms with Gasteiger partial charge in [-0.15, -0.1) is 0 Å². The second kappa shape index (κ2) is 9.07. The molecule has 3 aromatic rings. The van der Waals surface area contributed by atoms with E-state index in [1.54, 1.807) is 7.11 Å². The third-order valence-corrected chi connectivity index (χ3v) is 4.93. The Morgan fingerprint density at radius 1 is 1.11 bits per heavy atom. The van der Waals surface area contributed by atoms with Crippen LogP contribution in [0, 0.1) is 0 Å². The molecular formula is C22H25ClN2O2. The van der Waals surface area contributed by atoms with Crippen molar-refractivity contribution in [3.63, 3.8) is 0 Å². The fraction of sp³-hybridized carbons (Fsp3) is 0.318. The second-order valence-corrected chi connectivity index (χ2v) is 6.94. The lowest BCUT2D eigenvalue weighted by Gasteiger charge is -2.10. The number of rotatable bonds is 8. The van der Waals surface area contributed by atoms with E-state index >= 15 is 0 Å². The average Bonchev–Trinajstić information content (AvgIpc) is 3.10. The zero-order valence-electron chi connectivity index (χ0n) is 16.0. The Kier molecular flexibility index (Phi) is 6.54. The molecule has 0 N–H and O–H groups in total. The van der Waals surface area contributed by atoms with Gasteiger partial charge in [-0.3, -0.25) is 4.68 Å². The van der Waals surface area contributed by atoms with Gasteiger partial charge in [0.2, 0.25) is 0 Å². The number of hydrogen-bond acceptors (Lipinski definition) is 3. The van der Waals surface area contributed by atoms with Crippen LogP contribution in [0.5, 0.6) is 5.75 Å². The van der Waals surface area contributed by atoms with E-state index in [1.807, 2.05) is 47.1 Å². The van der Waals surface area contributed by atoms with Gasteiger partial charge in [0, 0.05) is 10.6 Å². The van der Waals surface area contributed by atoms with E-state index in [0.717, 1.165) is 39.7 Å². The van der Waals surface area contributed by atoms with Gasteiger partial charge in [0.15, 0.2) is 0 Å². The van der Waals surface area contributed by atoms with Crippen LogP contribution >= 0.6 is 11.6 Å². The van der Waals surface area contributed by atoms with E-state index in [9.17, 15) is 0 Å². The Morgan fingerprint density at radius 2 is 1.93 bits per heavy atom. The van der Waals surface area contributed by atoms with E-state index in [2.05, 4.69) is 26.0 Å². The first kappa shape index (κ1) is 19.5. The zero-order chi connectivity index (χ0) is 19.2. The standard InChI is InChI=1S/C22H25ClN2O2/c1-4-16(2)27-15-19-13-22(17-9-7-10-20(12-17)26-3)25(24-19)14-18-8-5-6-11-21(18)23/h5-13,16H,4,14-15H2,1-3H3. The van der Waals surface area contributed by atoms with Gasteiger partial charge in [0.25, 0.3) is 0 Å². The molecule has 1 heterocycles. The molecule has 1 atom stereocenters. The van der Waals surface area contributed by atoms with Crippen molar-refractivity contribution < 1.29 is 9.47 Å². The van der Waals surface area contributed by atoms with E-state index in [4.69, 9.17) is 26.2 Å². The number of methoxy groups -OCH3 is 1. The fourth-order valence-electron chi connectivity index (χ4n) is 2.81. The van der Waals surface area contributed by atoms with Gasteiger partial charge in [0.1, 0.15) is 5.75 Å². The molecule has 0 aliphatic carbocycles. The van der Waals surface area contributed by atoms with Crippen LogP contribution in [-0.4, -0.2) is 23.0 Å². The van der Waals surface area contributed by atoms with Crippen LogP contribution in [0.15, 0.2) is 54.6 Å². The number of halogens is 1. The van der Waals surface area contributed by atoms with Crippen LogP contribution in [0.3, 0.4) is 0 Å². The Balaban J connectivity index is 1.95. The first-order valence-corrected chi connectivity index (χ1v) is 9.54. The second-order valence-electron chi connectivity index (χ2n) is 6.53. The van der Waals surface area contributed by atoms with Crippen LogP contribution in [0.2, 0.25) is 5.02 Å². The summed E-state index contributed by atoms with van der Waals surface area (Å²) < 4.78 is 13.2. The Bertz CT molecular complexity index is 892. The molecule has 0 fully saturated rings. The highest BCUT2D eigenvalue weighted by atomic mass is 35.5. The summed E-state index contributed by atoms with van der Waals surface area (Å²) in [7, 11) is 1.67. The lowest BCUT2D eigenvalue weighted by Crippen LogP contribution is -2.08. The average molecular weight is 385 g/mol. The molecule has 142 valence electrons. The van der Waals surface area contributed by atoms with Gasteiger partial charge in [-0.05, 0) is 43.2 Å². The summed E-state index contributed by atoms with van der Waals surface area (Å²) in [5.74, 6) is 0.815. The molecule has 0 radical (unpaired) electrons. The summed E-state index contributed by atoms with van der Waals surface area (Å²) in [5.41, 5.74) is 3.99. The first-order valence-electron chi connectivity index (χ1n) is 9.17. The molecule has 0 saturated heterocycles. The smallest absolute Gasteiger partial charge is 0.119 e. The summed E-state index contributed by atoms with van der Waals surface area (Å²) in [5, 5.41) is 5.51. The molecule has 0 aliphatic heterocycles. The van der Waals surface area contributed by atoms with Crippen molar-refractivity contribution in [2.75, 3.05) is 7.11 Å². The molecule has 0 saturated carbocycles. The minimum absolute atomic E-state index is 0.207. The van der Waals surface area contributed by atoms with Crippen molar-refractivity contribution in [1.29, 1.82) is 0 Å². The van der Waals surface area contributed by atoms with Crippen LogP contribution in [0.25, 0.3) is 11.3 Å². The maximum Gasteiger partial charge on any atom is 0.119 e. The molecule has 4 nitrogen and oxygen atoms in total. The van der Waals surface area contributed by atoms with Crippen LogP contribution < -0.4 is 4.74 Å². The van der Waals surface area contributed by atoms with Gasteiger partial charge in [0.05, 0.1) is 37.8 Å². The molecule has 0 aliphatic rings. The summed E-state index contributed by atoms with van der Waals surface area (Å²) in [6, 6.07) is 17.9. The quantitative estimate of drug-likeness (QED) is 0.509. The normalized spacial score (nSPS) is 12.1. The minimum atomic E-state index is 0.207. The van der Waals surface area contributed by atoms with Crippen molar-refractivity contribution in [1.82, 2.24) is 9.78 Å². The van der Waals surface area contributed by atoms with E-state index in [1.165, 1.54) is 0 Å². The Morgan fingerprint density at radius 3 is 2.67 bits per heavy atom. The number of nitrogens with zero attached hydrogens (tertiary/aromatic N) is 2. The van der Waals surface area contributed by atoms with Gasteiger partial charge in [-0.2, -0.15) is 5.10 Å². The maximum atomic E-state index is 6.36. The number of benzene rings is 2. The van der Waals surface area contributed by atoms with Crippen LogP contribution in [-0.2, 0) is 17.9 Å². The molecule has 1 unspecified atom stereocenters. The lowest BCUT2D eigenvalue weighted by atomic mass is 10.1. The fourth-order valence-corrected chi connectivity index (χ4v) is 3.00. The van der Waals surface area contributed by atoms with Crippen LogP contribution in [0.4, 0.5) is 0 Å². The molecule has 2 aromatic carbocycles. The molecular weight excluding hydrogens is 360 g/mol. The highest BCUT2D eigenvalue weighted by Crippen LogP contribution is 2.27. The molecule has 27 heavy (non-hydrogen) atoms. The molecule has 0 spiro atoms. The van der Waals surface area contributed by atoms with Crippen molar-refractivity contribution in [2.24, 2.45) is 0 Å². The van der Waals surface area contributed by atoms with Gasteiger partial charge in [-0.1, -0.05) is 48.9 Å². The largest absolute Gasteiger partial charge is 0.497 e. The predicted molar refractivity (Wildman–Crippen MR) is 109 cm³/mol. The third-order valence-electron chi connectivity index (χ3n) is 4.56. The monoisotopic (exact) mass is 384 g/mol. The van der Waals surface area contributed by atoms with E-state index in [-0.39, 0.29) is 6.10 Å². The Hall–Kier alpha value is -2.30. The number of aromatic nitrogens is 2. The third kappa shape index (κ3) is 4.90. The predicted octanol–water partition coefficient (Wildman–Crippen LogP) is 5.58. The zero-order valence-corrected chi connectivity index (χ0v) is 16.7. The lowest BCUT2D eigenvalue weighted by molar-refractivity contribution is 0.0486. The molecule has 0 amide bonds. The highest BCUT2D eigenvalue weighted by molar-refractivity contribution is 6.31. The maximum absolute atomic E-state index is 6.36. The number of ether oxygens (including phenoxy) is 2. The summed E-state index contributed by atoms with van der Waals surface area (Å²) in [4.78, 5) is 0. The van der Waals surface area contributed by atoms with Gasteiger partial charge in [-0.25, -0.2) is 0 Å². The Labute approximate surface area is 165 Å². The van der Waals surface area contributed by atoms with Crippen molar-refractivity contribution in [2.45, 2.75) is 39.5 Å². The minimum Gasteiger partial charge on any atom is -0.497 e. The summed E-state index contributed by atoms with van der Waals surface area (Å²) >= 11 is 6.36. The highest BCUT2D eigenvalue weighted by Gasteiger charge is 2.13.